The van der Waals surface area contributed by atoms with Crippen LogP contribution in [0.3, 0.4) is 0 Å². The number of benzene rings is 2. The van der Waals surface area contributed by atoms with Gasteiger partial charge in [-0.15, -0.1) is 0 Å². The minimum absolute atomic E-state index is 0.0138. The van der Waals surface area contributed by atoms with Gasteiger partial charge in [-0.3, -0.25) is 13.9 Å². The van der Waals surface area contributed by atoms with Crippen LogP contribution in [-0.2, 0) is 26.2 Å². The van der Waals surface area contributed by atoms with Gasteiger partial charge in [-0.1, -0.05) is 29.8 Å². The number of halogens is 1. The van der Waals surface area contributed by atoms with E-state index in [0.29, 0.717) is 16.3 Å². The summed E-state index contributed by atoms with van der Waals surface area (Å²) in [7, 11) is 0.382. The summed E-state index contributed by atoms with van der Waals surface area (Å²) in [5.74, 6) is -0.369. The summed E-state index contributed by atoms with van der Waals surface area (Å²) in [6, 6.07) is 10.7. The Morgan fingerprint density at radius 3 is 2.33 bits per heavy atom. The molecule has 11 heteroatoms. The number of amides is 2. The number of rotatable bonds is 10. The number of nitrogens with zero attached hydrogens (tertiary/aromatic N) is 2. The van der Waals surface area contributed by atoms with E-state index in [4.69, 9.17) is 21.1 Å². The van der Waals surface area contributed by atoms with Gasteiger partial charge in [-0.05, 0) is 30.7 Å². The Balaban J connectivity index is 2.49. The number of carbonyl (C=O) groups excluding carboxylic acids is 2. The highest BCUT2D eigenvalue weighted by molar-refractivity contribution is 7.92. The van der Waals surface area contributed by atoms with Gasteiger partial charge >= 0.3 is 0 Å². The Bertz CT molecular complexity index is 1110. The molecular weight excluding hydrogens is 470 g/mol. The van der Waals surface area contributed by atoms with Crippen LogP contribution < -0.4 is 19.1 Å². The molecule has 33 heavy (non-hydrogen) atoms. The lowest BCUT2D eigenvalue weighted by atomic mass is 10.1. The Morgan fingerprint density at radius 2 is 1.79 bits per heavy atom. The number of nitrogens with one attached hydrogen (secondary N) is 1. The third kappa shape index (κ3) is 6.52. The molecule has 2 rings (SSSR count). The molecule has 180 valence electrons. The van der Waals surface area contributed by atoms with Gasteiger partial charge in [0.25, 0.3) is 0 Å². The van der Waals surface area contributed by atoms with Gasteiger partial charge in [0, 0.05) is 24.7 Å². The predicted octanol–water partition coefficient (Wildman–Crippen LogP) is 2.29. The number of ether oxygens (including phenoxy) is 2. The predicted molar refractivity (Wildman–Crippen MR) is 127 cm³/mol. The summed E-state index contributed by atoms with van der Waals surface area (Å²) in [5, 5.41) is 2.94. The SMILES string of the molecule is CNC(=O)[C@@H](C)N(Cc1ccccc1Cl)C(=O)CN(c1cc(OC)ccc1OC)S(C)(=O)=O. The molecule has 1 N–H and O–H groups in total. The van der Waals surface area contributed by atoms with Gasteiger partial charge in [0.1, 0.15) is 24.1 Å². The highest BCUT2D eigenvalue weighted by Crippen LogP contribution is 2.34. The van der Waals surface area contributed by atoms with Crippen molar-refractivity contribution in [1.82, 2.24) is 10.2 Å². The molecule has 0 heterocycles. The van der Waals surface area contributed by atoms with Crippen molar-refractivity contribution in [2.45, 2.75) is 19.5 Å². The maximum absolute atomic E-state index is 13.4. The zero-order valence-electron chi connectivity index (χ0n) is 19.2. The first-order valence-electron chi connectivity index (χ1n) is 9.97. The molecule has 0 fully saturated rings. The fourth-order valence-corrected chi connectivity index (χ4v) is 4.23. The normalized spacial score (nSPS) is 11.9. The van der Waals surface area contributed by atoms with Crippen molar-refractivity contribution in [3.63, 3.8) is 0 Å². The second-order valence-corrected chi connectivity index (χ2v) is 9.52. The molecule has 0 aliphatic carbocycles. The van der Waals surface area contributed by atoms with Crippen LogP contribution in [0.2, 0.25) is 5.02 Å². The Morgan fingerprint density at radius 1 is 1.12 bits per heavy atom. The van der Waals surface area contributed by atoms with E-state index in [-0.39, 0.29) is 18.0 Å². The molecule has 0 aromatic heterocycles. The molecule has 0 radical (unpaired) electrons. The molecule has 0 aliphatic heterocycles. The number of methoxy groups -OCH3 is 2. The first-order chi connectivity index (χ1) is 15.5. The highest BCUT2D eigenvalue weighted by Gasteiger charge is 2.31. The summed E-state index contributed by atoms with van der Waals surface area (Å²) in [5.41, 5.74) is 0.756. The largest absolute Gasteiger partial charge is 0.497 e. The van der Waals surface area contributed by atoms with Crippen molar-refractivity contribution >= 4 is 39.1 Å². The van der Waals surface area contributed by atoms with Crippen molar-refractivity contribution in [2.24, 2.45) is 0 Å². The fourth-order valence-electron chi connectivity index (χ4n) is 3.19. The zero-order valence-corrected chi connectivity index (χ0v) is 20.7. The van der Waals surface area contributed by atoms with E-state index in [2.05, 4.69) is 5.32 Å². The Labute approximate surface area is 199 Å². The Kier molecular flexibility index (Phi) is 8.95. The van der Waals surface area contributed by atoms with Crippen LogP contribution in [0.1, 0.15) is 12.5 Å². The van der Waals surface area contributed by atoms with Crippen molar-refractivity contribution in [1.29, 1.82) is 0 Å². The monoisotopic (exact) mass is 497 g/mol. The van der Waals surface area contributed by atoms with Gasteiger partial charge in [0.05, 0.1) is 26.2 Å². The van der Waals surface area contributed by atoms with E-state index in [1.54, 1.807) is 43.3 Å². The van der Waals surface area contributed by atoms with Gasteiger partial charge in [-0.25, -0.2) is 8.42 Å². The van der Waals surface area contributed by atoms with Crippen LogP contribution in [0.5, 0.6) is 11.5 Å². The molecular formula is C22H28ClN3O6S. The maximum atomic E-state index is 13.4. The molecule has 1 atom stereocenters. The molecule has 0 aliphatic rings. The van der Waals surface area contributed by atoms with E-state index in [9.17, 15) is 18.0 Å². The first kappa shape index (κ1) is 26.3. The van der Waals surface area contributed by atoms with Gasteiger partial charge in [0.15, 0.2) is 0 Å². The van der Waals surface area contributed by atoms with E-state index in [1.807, 2.05) is 0 Å². The molecule has 0 unspecified atom stereocenters. The van der Waals surface area contributed by atoms with Crippen LogP contribution in [0.25, 0.3) is 0 Å². The third-order valence-corrected chi connectivity index (χ3v) is 6.54. The summed E-state index contributed by atoms with van der Waals surface area (Å²) in [6.07, 6.45) is 0.986. The quantitative estimate of drug-likeness (QED) is 0.540. The van der Waals surface area contributed by atoms with Gasteiger partial charge in [0.2, 0.25) is 21.8 Å². The highest BCUT2D eigenvalue weighted by atomic mass is 35.5. The van der Waals surface area contributed by atoms with Crippen molar-refractivity contribution in [3.05, 3.63) is 53.1 Å². The van der Waals surface area contributed by atoms with Crippen molar-refractivity contribution in [2.75, 3.05) is 38.4 Å². The second kappa shape index (κ2) is 11.2. The van der Waals surface area contributed by atoms with Crippen LogP contribution in [0.15, 0.2) is 42.5 Å². The number of hydrogen-bond donors (Lipinski definition) is 1. The number of likely N-dealkylation sites (N-methyl/N-ethyl adjacent to an activating group) is 1. The smallest absolute Gasteiger partial charge is 0.244 e. The molecule has 2 amide bonds. The number of carbonyl (C=O) groups is 2. The van der Waals surface area contributed by atoms with Crippen LogP contribution in [-0.4, -0.2) is 65.2 Å². The van der Waals surface area contributed by atoms with E-state index in [0.717, 1.165) is 10.6 Å². The molecule has 2 aromatic rings. The second-order valence-electron chi connectivity index (χ2n) is 7.21. The Hall–Kier alpha value is -2.98. The van der Waals surface area contributed by atoms with E-state index in [1.165, 1.54) is 32.2 Å². The van der Waals surface area contributed by atoms with Crippen molar-refractivity contribution in [3.8, 4) is 11.5 Å². The summed E-state index contributed by atoms with van der Waals surface area (Å²) in [6.45, 7) is 1.01. The van der Waals surface area contributed by atoms with E-state index < -0.39 is 34.4 Å². The summed E-state index contributed by atoms with van der Waals surface area (Å²) >= 11 is 6.26. The molecule has 0 saturated heterocycles. The minimum Gasteiger partial charge on any atom is -0.497 e. The average Bonchev–Trinajstić information content (AvgIpc) is 2.79. The first-order valence-corrected chi connectivity index (χ1v) is 12.2. The lowest BCUT2D eigenvalue weighted by molar-refractivity contribution is -0.139. The minimum atomic E-state index is -3.91. The van der Waals surface area contributed by atoms with Crippen molar-refractivity contribution < 1.29 is 27.5 Å². The summed E-state index contributed by atoms with van der Waals surface area (Å²) in [4.78, 5) is 27.1. The van der Waals surface area contributed by atoms with Crippen LogP contribution in [0.4, 0.5) is 5.69 Å². The molecule has 0 bridgehead atoms. The standard InChI is InChI=1S/C22H28ClN3O6S/c1-15(22(28)24-2)25(13-16-8-6-7-9-18(16)23)21(27)14-26(33(5,29)30)19-12-17(31-3)10-11-20(19)32-4/h6-12,15H,13-14H2,1-5H3,(H,24,28)/t15-/m1/s1. The van der Waals surface area contributed by atoms with Crippen LogP contribution in [0, 0.1) is 0 Å². The fraction of sp³-hybridized carbons (Fsp3) is 0.364. The topological polar surface area (TPSA) is 105 Å². The van der Waals surface area contributed by atoms with Crippen LogP contribution >= 0.6 is 11.6 Å². The molecule has 0 saturated carbocycles. The number of hydrogen-bond acceptors (Lipinski definition) is 6. The van der Waals surface area contributed by atoms with Gasteiger partial charge < -0.3 is 19.7 Å². The molecule has 0 spiro atoms. The maximum Gasteiger partial charge on any atom is 0.244 e. The lowest BCUT2D eigenvalue weighted by Gasteiger charge is -2.31. The van der Waals surface area contributed by atoms with Gasteiger partial charge in [-0.2, -0.15) is 0 Å². The summed E-state index contributed by atoms with van der Waals surface area (Å²) < 4.78 is 36.8. The molecule has 9 nitrogen and oxygen atoms in total. The lowest BCUT2D eigenvalue weighted by Crippen LogP contribution is -2.50. The molecule has 2 aromatic carbocycles. The third-order valence-electron chi connectivity index (χ3n) is 5.05. The average molecular weight is 498 g/mol. The number of sulfonamides is 1. The van der Waals surface area contributed by atoms with E-state index >= 15 is 0 Å². The zero-order chi connectivity index (χ0) is 24.8. The number of anilines is 1.